The van der Waals surface area contributed by atoms with Gasteiger partial charge in [-0.05, 0) is 25.3 Å². The molecule has 12 heavy (non-hydrogen) atoms. The van der Waals surface area contributed by atoms with Gasteiger partial charge in [-0.25, -0.2) is 0 Å². The molecule has 4 N–H and O–H groups in total. The van der Waals surface area contributed by atoms with Crippen molar-refractivity contribution in [3.63, 3.8) is 0 Å². The van der Waals surface area contributed by atoms with Gasteiger partial charge >= 0.3 is 0 Å². The van der Waals surface area contributed by atoms with Crippen molar-refractivity contribution in [3.8, 4) is 0 Å². The summed E-state index contributed by atoms with van der Waals surface area (Å²) in [6, 6.07) is 3.03. The fourth-order valence-corrected chi connectivity index (χ4v) is 1.80. The third-order valence-electron chi connectivity index (χ3n) is 2.44. The van der Waals surface area contributed by atoms with Crippen LogP contribution in [0.25, 0.3) is 0 Å². The first-order valence-electron chi connectivity index (χ1n) is 4.49. The number of nitrogens with two attached hydrogens (primary N) is 1. The molecule has 0 unspecified atom stereocenters. The van der Waals surface area contributed by atoms with E-state index in [-0.39, 0.29) is 0 Å². The minimum Gasteiger partial charge on any atom is -0.381 e. The van der Waals surface area contributed by atoms with E-state index in [1.54, 1.807) is 0 Å². The van der Waals surface area contributed by atoms with Gasteiger partial charge in [0.15, 0.2) is 0 Å². The zero-order valence-corrected chi connectivity index (χ0v) is 7.09. The zero-order valence-electron chi connectivity index (χ0n) is 7.09. The van der Waals surface area contributed by atoms with Crippen LogP contribution in [0.4, 0.5) is 5.69 Å². The Morgan fingerprint density at radius 3 is 3.00 bits per heavy atom. The predicted molar refractivity (Wildman–Crippen MR) is 50.0 cm³/mol. The lowest BCUT2D eigenvalue weighted by Gasteiger charge is -2.11. The van der Waals surface area contributed by atoms with Gasteiger partial charge < -0.3 is 16.0 Å². The van der Waals surface area contributed by atoms with Crippen molar-refractivity contribution in [2.75, 3.05) is 5.32 Å². The molecule has 1 saturated carbocycles. The third kappa shape index (κ3) is 1.61. The van der Waals surface area contributed by atoms with Gasteiger partial charge in [0.2, 0.25) is 0 Å². The van der Waals surface area contributed by atoms with Crippen molar-refractivity contribution in [2.45, 2.75) is 31.3 Å². The van der Waals surface area contributed by atoms with Crippen LogP contribution in [0.5, 0.6) is 0 Å². The van der Waals surface area contributed by atoms with E-state index >= 15 is 0 Å². The van der Waals surface area contributed by atoms with Crippen molar-refractivity contribution in [3.05, 3.63) is 18.5 Å². The van der Waals surface area contributed by atoms with E-state index in [2.05, 4.69) is 10.3 Å². The fraction of sp³-hybridized carbons (Fsp3) is 0.556. The van der Waals surface area contributed by atoms with Crippen LogP contribution in [0.2, 0.25) is 0 Å². The smallest absolute Gasteiger partial charge is 0.0519 e. The van der Waals surface area contributed by atoms with Gasteiger partial charge in [0.05, 0.1) is 5.69 Å². The Morgan fingerprint density at radius 2 is 2.42 bits per heavy atom. The Balaban J connectivity index is 1.88. The lowest BCUT2D eigenvalue weighted by Crippen LogP contribution is -2.20. The maximum Gasteiger partial charge on any atom is 0.0519 e. The first kappa shape index (κ1) is 7.68. The van der Waals surface area contributed by atoms with Crippen LogP contribution >= 0.6 is 0 Å². The highest BCUT2D eigenvalue weighted by molar-refractivity contribution is 5.41. The zero-order chi connectivity index (χ0) is 8.39. The van der Waals surface area contributed by atoms with Crippen molar-refractivity contribution in [2.24, 2.45) is 5.73 Å². The molecule has 1 heterocycles. The second-order valence-corrected chi connectivity index (χ2v) is 3.51. The highest BCUT2D eigenvalue weighted by Crippen LogP contribution is 2.21. The van der Waals surface area contributed by atoms with Crippen LogP contribution in [0.1, 0.15) is 19.3 Å². The Hall–Kier alpha value is -0.960. The van der Waals surface area contributed by atoms with Crippen LogP contribution in [0, 0.1) is 0 Å². The second kappa shape index (κ2) is 3.19. The van der Waals surface area contributed by atoms with E-state index in [1.807, 2.05) is 18.5 Å². The minimum absolute atomic E-state index is 0.404. The van der Waals surface area contributed by atoms with Crippen molar-refractivity contribution in [1.29, 1.82) is 0 Å². The molecular formula is C9H15N3. The van der Waals surface area contributed by atoms with E-state index < -0.39 is 0 Å². The molecule has 1 aliphatic carbocycles. The molecule has 2 rings (SSSR count). The molecule has 1 fully saturated rings. The molecule has 1 aromatic heterocycles. The lowest BCUT2D eigenvalue weighted by atomic mass is 10.2. The third-order valence-corrected chi connectivity index (χ3v) is 2.44. The standard InChI is InChI=1S/C9H15N3/c10-7-1-2-8(5-7)12-9-3-4-11-6-9/h3-4,6-8,11-12H,1-2,5,10H2/t7-,8-/m1/s1. The summed E-state index contributed by atoms with van der Waals surface area (Å²) in [5.74, 6) is 0. The summed E-state index contributed by atoms with van der Waals surface area (Å²) in [6.07, 6.45) is 7.36. The maximum absolute atomic E-state index is 5.81. The molecule has 1 aromatic rings. The Labute approximate surface area is 72.3 Å². The van der Waals surface area contributed by atoms with Crippen LogP contribution in [0.3, 0.4) is 0 Å². The quantitative estimate of drug-likeness (QED) is 0.618. The number of hydrogen-bond donors (Lipinski definition) is 3. The summed E-state index contributed by atoms with van der Waals surface area (Å²) < 4.78 is 0. The molecule has 0 radical (unpaired) electrons. The average molecular weight is 165 g/mol. The maximum atomic E-state index is 5.81. The lowest BCUT2D eigenvalue weighted by molar-refractivity contribution is 0.688. The summed E-state index contributed by atoms with van der Waals surface area (Å²) in [5, 5.41) is 3.44. The first-order valence-corrected chi connectivity index (χ1v) is 4.49. The van der Waals surface area contributed by atoms with Gasteiger partial charge in [0.25, 0.3) is 0 Å². The van der Waals surface area contributed by atoms with E-state index in [0.29, 0.717) is 12.1 Å². The van der Waals surface area contributed by atoms with Crippen LogP contribution in [-0.2, 0) is 0 Å². The predicted octanol–water partition coefficient (Wildman–Crippen LogP) is 1.31. The number of nitrogens with one attached hydrogen (secondary N) is 2. The molecule has 2 atom stereocenters. The molecule has 3 heteroatoms. The van der Waals surface area contributed by atoms with E-state index in [9.17, 15) is 0 Å². The Kier molecular flexibility index (Phi) is 2.04. The van der Waals surface area contributed by atoms with Gasteiger partial charge in [0, 0.05) is 24.5 Å². The normalized spacial score (nSPS) is 29.1. The monoisotopic (exact) mass is 165 g/mol. The number of aromatic nitrogens is 1. The van der Waals surface area contributed by atoms with Crippen LogP contribution < -0.4 is 11.1 Å². The van der Waals surface area contributed by atoms with Crippen LogP contribution in [0.15, 0.2) is 18.5 Å². The molecule has 1 aliphatic rings. The average Bonchev–Trinajstić information content (AvgIpc) is 2.63. The highest BCUT2D eigenvalue weighted by atomic mass is 14.9. The van der Waals surface area contributed by atoms with Crippen LogP contribution in [-0.4, -0.2) is 17.1 Å². The summed E-state index contributed by atoms with van der Waals surface area (Å²) in [5.41, 5.74) is 6.98. The minimum atomic E-state index is 0.404. The molecule has 0 bridgehead atoms. The summed E-state index contributed by atoms with van der Waals surface area (Å²) in [6.45, 7) is 0. The van der Waals surface area contributed by atoms with Gasteiger partial charge in [-0.15, -0.1) is 0 Å². The van der Waals surface area contributed by atoms with Gasteiger partial charge in [-0.2, -0.15) is 0 Å². The first-order chi connectivity index (χ1) is 5.84. The number of rotatable bonds is 2. The fourth-order valence-electron chi connectivity index (χ4n) is 1.80. The number of anilines is 1. The summed E-state index contributed by atoms with van der Waals surface area (Å²) in [4.78, 5) is 3.02. The van der Waals surface area contributed by atoms with Gasteiger partial charge in [0.1, 0.15) is 0 Å². The van der Waals surface area contributed by atoms with Crippen molar-refractivity contribution in [1.82, 2.24) is 4.98 Å². The van der Waals surface area contributed by atoms with Crippen molar-refractivity contribution >= 4 is 5.69 Å². The molecule has 0 spiro atoms. The molecule has 0 amide bonds. The summed E-state index contributed by atoms with van der Waals surface area (Å²) >= 11 is 0. The summed E-state index contributed by atoms with van der Waals surface area (Å²) in [7, 11) is 0. The SMILES string of the molecule is N[C@@H]1CC[C@@H](Nc2cc[nH]c2)C1. The topological polar surface area (TPSA) is 53.8 Å². The molecular weight excluding hydrogens is 150 g/mol. The molecule has 0 saturated heterocycles. The molecule has 66 valence electrons. The van der Waals surface area contributed by atoms with Gasteiger partial charge in [-0.1, -0.05) is 0 Å². The molecule has 3 nitrogen and oxygen atoms in total. The van der Waals surface area contributed by atoms with Crippen molar-refractivity contribution < 1.29 is 0 Å². The van der Waals surface area contributed by atoms with Gasteiger partial charge in [-0.3, -0.25) is 0 Å². The largest absolute Gasteiger partial charge is 0.381 e. The van der Waals surface area contributed by atoms with E-state index in [1.165, 1.54) is 12.1 Å². The van der Waals surface area contributed by atoms with E-state index in [0.717, 1.165) is 12.8 Å². The second-order valence-electron chi connectivity index (χ2n) is 3.51. The Morgan fingerprint density at radius 1 is 1.50 bits per heavy atom. The number of H-pyrrole nitrogens is 1. The highest BCUT2D eigenvalue weighted by Gasteiger charge is 2.21. The number of aromatic amines is 1. The Bertz CT molecular complexity index is 230. The molecule has 0 aliphatic heterocycles. The number of hydrogen-bond acceptors (Lipinski definition) is 2. The molecule has 0 aromatic carbocycles. The van der Waals surface area contributed by atoms with E-state index in [4.69, 9.17) is 5.73 Å².